The van der Waals surface area contributed by atoms with Crippen LogP contribution in [0, 0.1) is 6.61 Å². The molecule has 0 aromatic heterocycles. The molecule has 3 heteroatoms. The summed E-state index contributed by atoms with van der Waals surface area (Å²) in [4.78, 5) is 21.9. The maximum absolute atomic E-state index is 11.0. The van der Waals surface area contributed by atoms with Crippen molar-refractivity contribution in [3.8, 4) is 0 Å². The van der Waals surface area contributed by atoms with E-state index in [-0.39, 0.29) is 17.8 Å². The molecule has 0 saturated carbocycles. The maximum atomic E-state index is 11.0. The third kappa shape index (κ3) is 0.808. The van der Waals surface area contributed by atoms with Crippen molar-refractivity contribution in [2.24, 2.45) is 0 Å². The standard InChI is InChI=1S/C8H4O3/c9-5-2-1-3-7-8(5)6(10)4-11-7/h1,3H,2H2. The van der Waals surface area contributed by atoms with Crippen molar-refractivity contribution in [2.75, 3.05) is 0 Å². The number of carbonyl (C=O) groups excluding carboxylic acids is 2. The zero-order valence-electron chi connectivity index (χ0n) is 5.59. The van der Waals surface area contributed by atoms with Crippen LogP contribution >= 0.6 is 0 Å². The fraction of sp³-hybridized carbons (Fsp3) is 0.125. The third-order valence-corrected chi connectivity index (χ3v) is 1.58. The normalized spacial score (nSPS) is 22.2. The van der Waals surface area contributed by atoms with E-state index in [9.17, 15) is 9.59 Å². The van der Waals surface area contributed by atoms with Crippen LogP contribution in [-0.2, 0) is 14.3 Å². The van der Waals surface area contributed by atoms with Crippen LogP contribution in [0.2, 0.25) is 0 Å². The van der Waals surface area contributed by atoms with Gasteiger partial charge in [0, 0.05) is 6.42 Å². The fourth-order valence-electron chi connectivity index (χ4n) is 1.07. The van der Waals surface area contributed by atoms with Crippen LogP contribution < -0.4 is 0 Å². The molecule has 3 nitrogen and oxygen atoms in total. The summed E-state index contributed by atoms with van der Waals surface area (Å²) in [5, 5.41) is 0. The molecule has 0 spiro atoms. The zero-order chi connectivity index (χ0) is 7.84. The molecule has 1 aliphatic carbocycles. The molecule has 0 fully saturated rings. The molecule has 54 valence electrons. The number of carbonyl (C=O) groups is 2. The highest BCUT2D eigenvalue weighted by atomic mass is 16.5. The second-order valence-corrected chi connectivity index (χ2v) is 2.30. The summed E-state index contributed by atoms with van der Waals surface area (Å²) in [5.74, 6) is -0.280. The maximum Gasteiger partial charge on any atom is 0.274 e. The molecule has 0 aromatic carbocycles. The number of allylic oxidation sites excluding steroid dienone is 2. The van der Waals surface area contributed by atoms with E-state index >= 15 is 0 Å². The van der Waals surface area contributed by atoms with Crippen molar-refractivity contribution in [2.45, 2.75) is 6.42 Å². The Kier molecular flexibility index (Phi) is 1.18. The Morgan fingerprint density at radius 2 is 2.27 bits per heavy atom. The second-order valence-electron chi connectivity index (χ2n) is 2.30. The molecule has 2 radical (unpaired) electrons. The quantitative estimate of drug-likeness (QED) is 0.467. The Morgan fingerprint density at radius 3 is 3.00 bits per heavy atom. The average Bonchev–Trinajstić information content (AvgIpc) is 2.34. The Balaban J connectivity index is 2.49. The molecule has 2 aliphatic rings. The van der Waals surface area contributed by atoms with E-state index in [2.05, 4.69) is 6.61 Å². The van der Waals surface area contributed by atoms with Crippen LogP contribution in [0.5, 0.6) is 0 Å². The van der Waals surface area contributed by atoms with Gasteiger partial charge in [0.05, 0.1) is 0 Å². The van der Waals surface area contributed by atoms with Gasteiger partial charge < -0.3 is 4.74 Å². The van der Waals surface area contributed by atoms with Gasteiger partial charge in [-0.25, -0.2) is 0 Å². The summed E-state index contributed by atoms with van der Waals surface area (Å²) in [7, 11) is 0. The van der Waals surface area contributed by atoms with E-state index in [0.717, 1.165) is 0 Å². The highest BCUT2D eigenvalue weighted by Crippen LogP contribution is 2.25. The van der Waals surface area contributed by atoms with Gasteiger partial charge in [-0.2, -0.15) is 0 Å². The van der Waals surface area contributed by atoms with Gasteiger partial charge >= 0.3 is 0 Å². The molecular weight excluding hydrogens is 144 g/mol. The number of rotatable bonds is 0. The fourth-order valence-corrected chi connectivity index (χ4v) is 1.07. The lowest BCUT2D eigenvalue weighted by atomic mass is 10.0. The van der Waals surface area contributed by atoms with Gasteiger partial charge in [0.2, 0.25) is 5.78 Å². The number of Topliss-reactive ketones (excluding diaryl/α,β-unsaturated/α-hetero) is 2. The lowest BCUT2D eigenvalue weighted by molar-refractivity contribution is -0.119. The van der Waals surface area contributed by atoms with Crippen LogP contribution in [0.25, 0.3) is 0 Å². The minimum Gasteiger partial charge on any atom is -0.468 e. The molecule has 2 rings (SSSR count). The van der Waals surface area contributed by atoms with Crippen molar-refractivity contribution in [1.82, 2.24) is 0 Å². The molecule has 0 N–H and O–H groups in total. The molecule has 0 atom stereocenters. The number of hydrogen-bond acceptors (Lipinski definition) is 3. The van der Waals surface area contributed by atoms with Crippen LogP contribution in [0.3, 0.4) is 0 Å². The molecule has 0 bridgehead atoms. The van der Waals surface area contributed by atoms with E-state index in [1.54, 1.807) is 12.2 Å². The van der Waals surface area contributed by atoms with Crippen molar-refractivity contribution in [3.63, 3.8) is 0 Å². The van der Waals surface area contributed by atoms with Gasteiger partial charge in [-0.05, 0) is 6.08 Å². The Morgan fingerprint density at radius 1 is 1.45 bits per heavy atom. The predicted octanol–water partition coefficient (Wildman–Crippen LogP) is 0.408. The monoisotopic (exact) mass is 148 g/mol. The van der Waals surface area contributed by atoms with Gasteiger partial charge in [0.1, 0.15) is 11.3 Å². The van der Waals surface area contributed by atoms with Gasteiger partial charge in [-0.1, -0.05) is 6.08 Å². The van der Waals surface area contributed by atoms with Crippen LogP contribution in [0.4, 0.5) is 0 Å². The zero-order valence-corrected chi connectivity index (χ0v) is 5.59. The summed E-state index contributed by atoms with van der Waals surface area (Å²) in [6, 6.07) is 0. The lowest BCUT2D eigenvalue weighted by Gasteiger charge is -2.01. The Labute approximate surface area is 63.3 Å². The van der Waals surface area contributed by atoms with Crippen molar-refractivity contribution in [1.29, 1.82) is 0 Å². The van der Waals surface area contributed by atoms with Crippen LogP contribution in [-0.4, -0.2) is 11.6 Å². The number of ether oxygens (including phenoxy) is 1. The minimum absolute atomic E-state index is 0.146. The summed E-state index contributed by atoms with van der Waals surface area (Å²) >= 11 is 0. The largest absolute Gasteiger partial charge is 0.468 e. The molecule has 11 heavy (non-hydrogen) atoms. The van der Waals surface area contributed by atoms with E-state index in [0.29, 0.717) is 5.76 Å². The second kappa shape index (κ2) is 2.05. The van der Waals surface area contributed by atoms with Crippen molar-refractivity contribution >= 4 is 11.6 Å². The first-order chi connectivity index (χ1) is 5.29. The number of hydrogen-bond donors (Lipinski definition) is 0. The van der Waals surface area contributed by atoms with E-state index < -0.39 is 5.78 Å². The topological polar surface area (TPSA) is 43.4 Å². The summed E-state index contributed by atoms with van der Waals surface area (Å²) < 4.78 is 4.71. The Bertz CT molecular complexity index is 296. The minimum atomic E-state index is -0.436. The molecule has 0 unspecified atom stereocenters. The lowest BCUT2D eigenvalue weighted by Crippen LogP contribution is -2.10. The van der Waals surface area contributed by atoms with Crippen molar-refractivity contribution < 1.29 is 14.3 Å². The predicted molar refractivity (Wildman–Crippen MR) is 35.1 cm³/mol. The first-order valence-electron chi connectivity index (χ1n) is 3.20. The smallest absolute Gasteiger partial charge is 0.274 e. The van der Waals surface area contributed by atoms with Gasteiger partial charge in [-0.15, -0.1) is 0 Å². The van der Waals surface area contributed by atoms with Gasteiger partial charge in [0.15, 0.2) is 5.78 Å². The summed E-state index contributed by atoms with van der Waals surface area (Å²) in [6.07, 6.45) is 3.58. The summed E-state index contributed by atoms with van der Waals surface area (Å²) in [6.45, 7) is 2.11. The van der Waals surface area contributed by atoms with Crippen LogP contribution in [0.15, 0.2) is 23.5 Å². The van der Waals surface area contributed by atoms with Crippen LogP contribution in [0.1, 0.15) is 6.42 Å². The van der Waals surface area contributed by atoms with E-state index in [4.69, 9.17) is 4.74 Å². The Hall–Kier alpha value is -1.38. The first-order valence-corrected chi connectivity index (χ1v) is 3.20. The molecule has 1 aliphatic heterocycles. The molecule has 0 amide bonds. The van der Waals surface area contributed by atoms with E-state index in [1.165, 1.54) is 0 Å². The van der Waals surface area contributed by atoms with Crippen molar-refractivity contribution in [3.05, 3.63) is 30.1 Å². The summed E-state index contributed by atoms with van der Waals surface area (Å²) in [5.41, 5.74) is 0.146. The molecule has 0 saturated heterocycles. The van der Waals surface area contributed by atoms with Gasteiger partial charge in [0.25, 0.3) is 6.61 Å². The molecule has 0 aromatic rings. The molecule has 1 heterocycles. The third-order valence-electron chi connectivity index (χ3n) is 1.58. The first kappa shape index (κ1) is 6.34. The van der Waals surface area contributed by atoms with Gasteiger partial charge in [-0.3, -0.25) is 9.59 Å². The highest BCUT2D eigenvalue weighted by molar-refractivity contribution is 6.25. The average molecular weight is 148 g/mol. The van der Waals surface area contributed by atoms with E-state index in [1.807, 2.05) is 0 Å². The number of ketones is 2. The SMILES string of the molecule is O=C1[C]OC2=C1C(=O)CC=C2. The molecular formula is C8H4O3. The highest BCUT2D eigenvalue weighted by Gasteiger charge is 2.31.